The van der Waals surface area contributed by atoms with E-state index >= 15 is 0 Å². The zero-order valence-corrected chi connectivity index (χ0v) is 24.7. The van der Waals surface area contributed by atoms with E-state index in [9.17, 15) is 0 Å². The summed E-state index contributed by atoms with van der Waals surface area (Å²) in [5.74, 6) is 1.29. The Hall–Kier alpha value is -4.21. The van der Waals surface area contributed by atoms with E-state index in [1.54, 1.807) is 0 Å². The molecule has 0 atom stereocenters. The zero-order valence-electron chi connectivity index (χ0n) is 22.4. The molecule has 0 saturated carbocycles. The SMILES string of the molecule is Cc1cc(Oc2[c-]c3c4nccc(C)c4n4cccc4c3c(C)c2)[c-]c2c3nccc(C)c3n3cccc3c12.[Pt+2]. The molecule has 0 aliphatic heterocycles. The summed E-state index contributed by atoms with van der Waals surface area (Å²) >= 11 is 0. The second kappa shape index (κ2) is 8.90. The van der Waals surface area contributed by atoms with Gasteiger partial charge in [0.1, 0.15) is 0 Å². The van der Waals surface area contributed by atoms with Crippen molar-refractivity contribution in [3.05, 3.63) is 108 Å². The number of fused-ring (bicyclic) bond motifs is 12. The molecule has 8 rings (SSSR count). The van der Waals surface area contributed by atoms with Crippen LogP contribution in [-0.2, 0) is 21.1 Å². The first kappa shape index (κ1) is 24.8. The second-order valence-electron chi connectivity index (χ2n) is 10.4. The van der Waals surface area contributed by atoms with Gasteiger partial charge in [-0.3, -0.25) is 0 Å². The first-order valence-corrected chi connectivity index (χ1v) is 13.1. The molecule has 0 amide bonds. The van der Waals surface area contributed by atoms with Gasteiger partial charge in [-0.25, -0.2) is 0 Å². The minimum atomic E-state index is 0. The first-order chi connectivity index (χ1) is 19.0. The summed E-state index contributed by atoms with van der Waals surface area (Å²) in [5, 5.41) is 4.20. The van der Waals surface area contributed by atoms with Crippen molar-refractivity contribution in [2.24, 2.45) is 0 Å². The number of aromatic nitrogens is 4. The van der Waals surface area contributed by atoms with E-state index in [0.29, 0.717) is 11.5 Å². The standard InChI is InChI=1S/C34H24N4O.Pt/c1-19-9-11-35-31-25-17-23(15-21(3)29(25)27-7-5-13-37(27)33(19)31)39-24-16-22(4)30-26(18-24)32-34(20(2)10-12-36-32)38-14-6-8-28(30)38;/h5-16H,1-4H3;/q-2;+2. The summed E-state index contributed by atoms with van der Waals surface area (Å²) in [7, 11) is 0. The van der Waals surface area contributed by atoms with Crippen LogP contribution in [0.2, 0.25) is 0 Å². The number of hydrogen-bond acceptors (Lipinski definition) is 3. The molecule has 6 aromatic heterocycles. The fraction of sp³-hybridized carbons (Fsp3) is 0.118. The summed E-state index contributed by atoms with van der Waals surface area (Å²) < 4.78 is 11.0. The second-order valence-corrected chi connectivity index (χ2v) is 10.4. The number of hydrogen-bond donors (Lipinski definition) is 0. The van der Waals surface area contributed by atoms with Crippen LogP contribution in [-0.4, -0.2) is 18.8 Å². The number of pyridine rings is 4. The molecule has 6 heterocycles. The molecule has 0 aliphatic rings. The molecule has 0 unspecified atom stereocenters. The summed E-state index contributed by atoms with van der Waals surface area (Å²) in [6, 6.07) is 23.8. The Bertz CT molecular complexity index is 2150. The third-order valence-corrected chi connectivity index (χ3v) is 7.92. The van der Waals surface area contributed by atoms with E-state index < -0.39 is 0 Å². The molecular weight excluding hydrogens is 675 g/mol. The average Bonchev–Trinajstić information content (AvgIpc) is 3.59. The molecule has 0 fully saturated rings. The van der Waals surface area contributed by atoms with Crippen LogP contribution in [0.1, 0.15) is 22.3 Å². The van der Waals surface area contributed by atoms with E-state index in [4.69, 9.17) is 14.7 Å². The van der Waals surface area contributed by atoms with Crippen molar-refractivity contribution in [2.75, 3.05) is 0 Å². The van der Waals surface area contributed by atoms with Gasteiger partial charge in [-0.15, -0.1) is 21.9 Å². The fourth-order valence-electron chi connectivity index (χ4n) is 6.25. The molecular formula is C34H24N4OPt. The Balaban J connectivity index is 0.00000264. The molecule has 40 heavy (non-hydrogen) atoms. The van der Waals surface area contributed by atoms with Crippen LogP contribution in [0.5, 0.6) is 11.5 Å². The van der Waals surface area contributed by atoms with E-state index in [2.05, 4.69) is 110 Å². The van der Waals surface area contributed by atoms with Gasteiger partial charge in [-0.2, -0.15) is 0 Å². The Kier molecular flexibility index (Phi) is 5.52. The van der Waals surface area contributed by atoms with Crippen LogP contribution < -0.4 is 4.74 Å². The summed E-state index contributed by atoms with van der Waals surface area (Å²) in [6.07, 6.45) is 7.94. The van der Waals surface area contributed by atoms with Crippen molar-refractivity contribution in [1.29, 1.82) is 0 Å². The van der Waals surface area contributed by atoms with Crippen LogP contribution in [0.25, 0.3) is 54.6 Å². The van der Waals surface area contributed by atoms with Crippen LogP contribution >= 0.6 is 0 Å². The molecule has 0 bridgehead atoms. The summed E-state index contributed by atoms with van der Waals surface area (Å²) in [4.78, 5) is 9.57. The van der Waals surface area contributed by atoms with Crippen molar-refractivity contribution in [1.82, 2.24) is 18.8 Å². The maximum Gasteiger partial charge on any atom is 2.00 e. The summed E-state index contributed by atoms with van der Waals surface area (Å²) in [5.41, 5.74) is 10.9. The van der Waals surface area contributed by atoms with Gasteiger partial charge < -0.3 is 23.5 Å². The first-order valence-electron chi connectivity index (χ1n) is 13.1. The average molecular weight is 700 g/mol. The molecule has 8 aromatic rings. The van der Waals surface area contributed by atoms with Gasteiger partial charge in [0.25, 0.3) is 0 Å². The van der Waals surface area contributed by atoms with Crippen LogP contribution in [0.15, 0.2) is 73.3 Å². The van der Waals surface area contributed by atoms with Gasteiger partial charge >= 0.3 is 21.1 Å². The zero-order chi connectivity index (χ0) is 26.4. The van der Waals surface area contributed by atoms with Gasteiger partial charge in [0.2, 0.25) is 0 Å². The van der Waals surface area contributed by atoms with E-state index in [0.717, 1.165) is 65.8 Å². The fourth-order valence-corrected chi connectivity index (χ4v) is 6.25. The molecule has 196 valence electrons. The molecule has 0 radical (unpaired) electrons. The number of benzene rings is 2. The molecule has 0 aliphatic carbocycles. The van der Waals surface area contributed by atoms with Crippen molar-refractivity contribution < 1.29 is 25.8 Å². The van der Waals surface area contributed by atoms with Gasteiger partial charge in [0.15, 0.2) is 0 Å². The van der Waals surface area contributed by atoms with Crippen molar-refractivity contribution in [3.63, 3.8) is 0 Å². The smallest absolute Gasteiger partial charge is 0.497 e. The quantitative estimate of drug-likeness (QED) is 0.135. The van der Waals surface area contributed by atoms with E-state index in [1.165, 1.54) is 11.1 Å². The van der Waals surface area contributed by atoms with Gasteiger partial charge in [-0.05, 0) is 61.4 Å². The predicted octanol–water partition coefficient (Wildman–Crippen LogP) is 8.22. The molecule has 5 nitrogen and oxygen atoms in total. The van der Waals surface area contributed by atoms with Crippen LogP contribution in [0, 0.1) is 39.8 Å². The third kappa shape index (κ3) is 3.37. The Morgan fingerprint density at radius 3 is 1.52 bits per heavy atom. The van der Waals surface area contributed by atoms with Crippen molar-refractivity contribution in [3.8, 4) is 11.5 Å². The minimum absolute atomic E-state index is 0. The van der Waals surface area contributed by atoms with Crippen molar-refractivity contribution in [2.45, 2.75) is 27.7 Å². The van der Waals surface area contributed by atoms with E-state index in [1.807, 2.05) is 12.4 Å². The monoisotopic (exact) mass is 699 g/mol. The number of nitrogens with zero attached hydrogens (tertiary/aromatic N) is 4. The van der Waals surface area contributed by atoms with Gasteiger partial charge in [-0.1, -0.05) is 48.9 Å². The van der Waals surface area contributed by atoms with Crippen LogP contribution in [0.3, 0.4) is 0 Å². The maximum absolute atomic E-state index is 6.52. The van der Waals surface area contributed by atoms with Crippen LogP contribution in [0.4, 0.5) is 0 Å². The normalized spacial score (nSPS) is 11.8. The number of ether oxygens (including phenoxy) is 1. The largest absolute Gasteiger partial charge is 2.00 e. The topological polar surface area (TPSA) is 43.8 Å². The molecule has 2 aromatic carbocycles. The maximum atomic E-state index is 6.52. The molecule has 6 heteroatoms. The molecule has 0 spiro atoms. The Morgan fingerprint density at radius 2 is 1.07 bits per heavy atom. The van der Waals surface area contributed by atoms with E-state index in [-0.39, 0.29) is 21.1 Å². The number of rotatable bonds is 2. The number of aryl methyl sites for hydroxylation is 4. The van der Waals surface area contributed by atoms with Crippen molar-refractivity contribution >= 4 is 54.6 Å². The minimum Gasteiger partial charge on any atom is -0.497 e. The third-order valence-electron chi connectivity index (χ3n) is 7.92. The van der Waals surface area contributed by atoms with Gasteiger partial charge in [0, 0.05) is 69.4 Å². The molecule has 0 saturated heterocycles. The summed E-state index contributed by atoms with van der Waals surface area (Å²) in [6.45, 7) is 8.49. The predicted molar refractivity (Wildman–Crippen MR) is 157 cm³/mol. The Labute approximate surface area is 245 Å². The van der Waals surface area contributed by atoms with Gasteiger partial charge in [0.05, 0.1) is 0 Å². The molecule has 0 N–H and O–H groups in total. The Morgan fingerprint density at radius 1 is 0.625 bits per heavy atom.